The molecular formula is C18H23N5O2. The number of aromatic nitrogens is 4. The highest BCUT2D eigenvalue weighted by molar-refractivity contribution is 5.77. The molecule has 3 aliphatic carbocycles. The van der Waals surface area contributed by atoms with Gasteiger partial charge in [-0.15, -0.1) is 0 Å². The Morgan fingerprint density at radius 1 is 1.28 bits per heavy atom. The second kappa shape index (κ2) is 5.41. The maximum Gasteiger partial charge on any atom is 0.264 e. The lowest BCUT2D eigenvalue weighted by molar-refractivity contribution is -0.123. The zero-order valence-corrected chi connectivity index (χ0v) is 14.4. The lowest BCUT2D eigenvalue weighted by Crippen LogP contribution is -2.44. The zero-order chi connectivity index (χ0) is 17.1. The summed E-state index contributed by atoms with van der Waals surface area (Å²) in [6.45, 7) is 0.0264. The molecule has 0 unspecified atom stereocenters. The van der Waals surface area contributed by atoms with E-state index in [0.29, 0.717) is 23.0 Å². The standard InChI is InChI=1S/C18H23N5O2/c1-22-17-14(7-20-22)18(25)23(9-19-17)8-16(24)21-15-6-10-5-13(15)12-4-2-3-11(10)12/h7,9-13,15H,2-6,8H2,1H3,(H,21,24)/t10-,11+,12+,13+,15-/m1/s1. The highest BCUT2D eigenvalue weighted by Gasteiger charge is 2.53. The molecule has 0 aliphatic heterocycles. The second-order valence-electron chi connectivity index (χ2n) is 8.01. The predicted molar refractivity (Wildman–Crippen MR) is 91.7 cm³/mol. The third-order valence-corrected chi connectivity index (χ3v) is 6.81. The highest BCUT2D eigenvalue weighted by Crippen LogP contribution is 2.58. The third kappa shape index (κ3) is 2.24. The second-order valence-corrected chi connectivity index (χ2v) is 8.01. The number of hydrogen-bond donors (Lipinski definition) is 1. The van der Waals surface area contributed by atoms with Crippen LogP contribution in [-0.4, -0.2) is 31.3 Å². The smallest absolute Gasteiger partial charge is 0.264 e. The van der Waals surface area contributed by atoms with Crippen LogP contribution in [0.2, 0.25) is 0 Å². The lowest BCUT2D eigenvalue weighted by atomic mass is 9.79. The van der Waals surface area contributed by atoms with Gasteiger partial charge in [0.05, 0.1) is 6.20 Å². The first kappa shape index (κ1) is 15.1. The molecule has 2 heterocycles. The molecule has 3 fully saturated rings. The van der Waals surface area contributed by atoms with Crippen molar-refractivity contribution < 1.29 is 4.79 Å². The van der Waals surface area contributed by atoms with Crippen LogP contribution in [0.4, 0.5) is 0 Å². The summed E-state index contributed by atoms with van der Waals surface area (Å²) in [5, 5.41) is 7.71. The van der Waals surface area contributed by atoms with Gasteiger partial charge in [0, 0.05) is 13.1 Å². The first-order chi connectivity index (χ1) is 12.1. The van der Waals surface area contributed by atoms with Crippen molar-refractivity contribution in [1.29, 1.82) is 0 Å². The van der Waals surface area contributed by atoms with Crippen molar-refractivity contribution in [2.75, 3.05) is 0 Å². The fourth-order valence-corrected chi connectivity index (χ4v) is 5.82. The van der Waals surface area contributed by atoms with Crippen LogP contribution in [0.3, 0.4) is 0 Å². The first-order valence-electron chi connectivity index (χ1n) is 9.28. The monoisotopic (exact) mass is 341 g/mol. The van der Waals surface area contributed by atoms with E-state index in [1.165, 1.54) is 42.8 Å². The van der Waals surface area contributed by atoms with Crippen molar-refractivity contribution in [3.8, 4) is 0 Å². The van der Waals surface area contributed by atoms with E-state index < -0.39 is 0 Å². The van der Waals surface area contributed by atoms with E-state index in [9.17, 15) is 9.59 Å². The molecule has 7 nitrogen and oxygen atoms in total. The van der Waals surface area contributed by atoms with Crippen LogP contribution >= 0.6 is 0 Å². The number of rotatable bonds is 3. The summed E-state index contributed by atoms with van der Waals surface area (Å²) in [7, 11) is 1.75. The van der Waals surface area contributed by atoms with Crippen molar-refractivity contribution >= 4 is 16.9 Å². The van der Waals surface area contributed by atoms with Crippen molar-refractivity contribution in [2.45, 2.75) is 44.7 Å². The van der Waals surface area contributed by atoms with Gasteiger partial charge >= 0.3 is 0 Å². The summed E-state index contributed by atoms with van der Waals surface area (Å²) >= 11 is 0. The molecule has 5 atom stereocenters. The summed E-state index contributed by atoms with van der Waals surface area (Å²) < 4.78 is 2.94. The Morgan fingerprint density at radius 3 is 3.00 bits per heavy atom. The van der Waals surface area contributed by atoms with Crippen molar-refractivity contribution in [3.63, 3.8) is 0 Å². The number of aryl methyl sites for hydroxylation is 1. The zero-order valence-electron chi connectivity index (χ0n) is 14.4. The van der Waals surface area contributed by atoms with Crippen LogP contribution in [0.15, 0.2) is 17.3 Å². The van der Waals surface area contributed by atoms with Crippen molar-refractivity contribution in [2.24, 2.45) is 30.7 Å². The maximum absolute atomic E-state index is 12.5. The average Bonchev–Trinajstić information content (AvgIpc) is 3.32. The molecule has 132 valence electrons. The van der Waals surface area contributed by atoms with Crippen LogP contribution in [0.1, 0.15) is 32.1 Å². The van der Waals surface area contributed by atoms with E-state index in [0.717, 1.165) is 24.2 Å². The van der Waals surface area contributed by atoms with Gasteiger partial charge in [0.15, 0.2) is 5.65 Å². The normalized spacial score (nSPS) is 33.1. The molecule has 3 saturated carbocycles. The SMILES string of the molecule is Cn1ncc2c(=O)n(CC(=O)N[C@@H]3C[C@H]4C[C@H]3[C@H]3CCC[C@@H]43)cnc21. The fourth-order valence-electron chi connectivity index (χ4n) is 5.82. The Labute approximate surface area is 145 Å². The Bertz CT molecular complexity index is 900. The van der Waals surface area contributed by atoms with E-state index >= 15 is 0 Å². The summed E-state index contributed by atoms with van der Waals surface area (Å²) in [6, 6.07) is 0.294. The fraction of sp³-hybridized carbons (Fsp3) is 0.667. The minimum Gasteiger partial charge on any atom is -0.352 e. The Balaban J connectivity index is 1.30. The number of nitrogens with zero attached hydrogens (tertiary/aromatic N) is 4. The first-order valence-corrected chi connectivity index (χ1v) is 9.28. The van der Waals surface area contributed by atoms with Gasteiger partial charge in [0.25, 0.3) is 5.56 Å². The molecule has 0 radical (unpaired) electrons. The van der Waals surface area contributed by atoms with Crippen LogP contribution < -0.4 is 10.9 Å². The average molecular weight is 341 g/mol. The Hall–Kier alpha value is -2.18. The topological polar surface area (TPSA) is 81.8 Å². The van der Waals surface area contributed by atoms with Crippen LogP contribution in [0.25, 0.3) is 11.0 Å². The number of hydrogen-bond acceptors (Lipinski definition) is 4. The largest absolute Gasteiger partial charge is 0.352 e. The van der Waals surface area contributed by atoms with E-state index in [1.807, 2.05) is 0 Å². The molecule has 1 amide bonds. The van der Waals surface area contributed by atoms with Gasteiger partial charge in [0.1, 0.15) is 18.3 Å². The molecular weight excluding hydrogens is 318 g/mol. The summed E-state index contributed by atoms with van der Waals surface area (Å²) in [4.78, 5) is 29.2. The van der Waals surface area contributed by atoms with Crippen molar-refractivity contribution in [3.05, 3.63) is 22.9 Å². The number of carbonyl (C=O) groups is 1. The number of carbonyl (C=O) groups excluding carboxylic acids is 1. The molecule has 2 bridgehead atoms. The Kier molecular flexibility index (Phi) is 3.27. The molecule has 25 heavy (non-hydrogen) atoms. The minimum atomic E-state index is -0.211. The highest BCUT2D eigenvalue weighted by atomic mass is 16.2. The van der Waals surface area contributed by atoms with Gasteiger partial charge in [-0.3, -0.25) is 18.8 Å². The van der Waals surface area contributed by atoms with E-state index in [1.54, 1.807) is 11.7 Å². The summed E-state index contributed by atoms with van der Waals surface area (Å²) in [5.41, 5.74) is 0.332. The minimum absolute atomic E-state index is 0.0264. The third-order valence-electron chi connectivity index (χ3n) is 6.81. The quantitative estimate of drug-likeness (QED) is 0.905. The number of nitrogens with one attached hydrogen (secondary N) is 1. The Morgan fingerprint density at radius 2 is 2.12 bits per heavy atom. The van der Waals surface area contributed by atoms with Gasteiger partial charge in [0.2, 0.25) is 5.91 Å². The molecule has 5 rings (SSSR count). The van der Waals surface area contributed by atoms with Gasteiger partial charge in [-0.25, -0.2) is 4.98 Å². The van der Waals surface area contributed by atoms with Gasteiger partial charge in [-0.2, -0.15) is 5.10 Å². The molecule has 2 aromatic rings. The van der Waals surface area contributed by atoms with E-state index in [2.05, 4.69) is 15.4 Å². The number of fused-ring (bicyclic) bond motifs is 6. The van der Waals surface area contributed by atoms with Gasteiger partial charge in [-0.1, -0.05) is 6.42 Å². The number of amides is 1. The van der Waals surface area contributed by atoms with Crippen LogP contribution in [-0.2, 0) is 18.4 Å². The molecule has 0 spiro atoms. The van der Waals surface area contributed by atoms with Crippen molar-refractivity contribution in [1.82, 2.24) is 24.6 Å². The predicted octanol–water partition coefficient (Wildman–Crippen LogP) is 1.07. The van der Waals surface area contributed by atoms with Crippen LogP contribution in [0, 0.1) is 23.7 Å². The molecule has 0 saturated heterocycles. The maximum atomic E-state index is 12.5. The van der Waals surface area contributed by atoms with E-state index in [4.69, 9.17) is 0 Å². The van der Waals surface area contributed by atoms with Crippen LogP contribution in [0.5, 0.6) is 0 Å². The molecule has 1 N–H and O–H groups in total. The molecule has 3 aliphatic rings. The summed E-state index contributed by atoms with van der Waals surface area (Å²) in [5.74, 6) is 3.11. The van der Waals surface area contributed by atoms with Gasteiger partial charge in [-0.05, 0) is 49.4 Å². The van der Waals surface area contributed by atoms with Gasteiger partial charge < -0.3 is 5.32 Å². The molecule has 0 aromatic carbocycles. The molecule has 2 aromatic heterocycles. The molecule has 7 heteroatoms. The lowest BCUT2D eigenvalue weighted by Gasteiger charge is -2.32. The van der Waals surface area contributed by atoms with E-state index in [-0.39, 0.29) is 18.0 Å². The summed E-state index contributed by atoms with van der Waals surface area (Å²) in [6.07, 6.45) is 9.43.